The Balaban J connectivity index is 1.61. The molecule has 20 heavy (non-hydrogen) atoms. The Bertz CT molecular complexity index is 578. The smallest absolute Gasteiger partial charge is 0.291 e. The van der Waals surface area contributed by atoms with Gasteiger partial charge in [-0.25, -0.2) is 9.97 Å². The third-order valence-electron chi connectivity index (χ3n) is 3.02. The molecule has 1 amide bonds. The van der Waals surface area contributed by atoms with E-state index < -0.39 is 0 Å². The van der Waals surface area contributed by atoms with E-state index in [1.165, 1.54) is 0 Å². The van der Waals surface area contributed by atoms with Crippen molar-refractivity contribution in [3.05, 3.63) is 42.6 Å². The number of likely N-dealkylation sites (tertiary alicyclic amines) is 1. The van der Waals surface area contributed by atoms with E-state index >= 15 is 0 Å². The lowest BCUT2D eigenvalue weighted by atomic mass is 10.3. The molecule has 0 radical (unpaired) electrons. The molecule has 102 valence electrons. The Morgan fingerprint density at radius 1 is 1.25 bits per heavy atom. The minimum Gasteiger partial charge on any atom is -0.471 e. The van der Waals surface area contributed by atoms with E-state index in [2.05, 4.69) is 20.2 Å². The van der Waals surface area contributed by atoms with Crippen LogP contribution in [0.15, 0.2) is 36.8 Å². The monoisotopic (exact) mass is 271 g/mol. The predicted octanol–water partition coefficient (Wildman–Crippen LogP) is 0.560. The lowest BCUT2D eigenvalue weighted by Crippen LogP contribution is -2.32. The van der Waals surface area contributed by atoms with Gasteiger partial charge in [0.15, 0.2) is 0 Å². The van der Waals surface area contributed by atoms with Gasteiger partial charge in [-0.3, -0.25) is 4.79 Å². The first-order valence-electron chi connectivity index (χ1n) is 6.33. The van der Waals surface area contributed by atoms with Crippen molar-refractivity contribution in [1.29, 1.82) is 0 Å². The maximum Gasteiger partial charge on any atom is 0.291 e. The van der Waals surface area contributed by atoms with E-state index in [0.29, 0.717) is 19.0 Å². The normalized spacial score (nSPS) is 18.0. The van der Waals surface area contributed by atoms with Gasteiger partial charge >= 0.3 is 0 Å². The standard InChI is InChI=1S/C13H13N5O2/c19-13(12-14-5-2-6-15-12)18-8-4-10(9-18)20-11-3-1-7-16-17-11/h1-3,5-7,10H,4,8-9H2/t10-/m0/s1. The Kier molecular flexibility index (Phi) is 3.49. The molecule has 1 aliphatic rings. The van der Waals surface area contributed by atoms with Gasteiger partial charge in [0.1, 0.15) is 6.10 Å². The number of nitrogens with zero attached hydrogens (tertiary/aromatic N) is 5. The van der Waals surface area contributed by atoms with Crippen LogP contribution in [0.25, 0.3) is 0 Å². The molecular weight excluding hydrogens is 258 g/mol. The van der Waals surface area contributed by atoms with Gasteiger partial charge in [-0.05, 0) is 12.1 Å². The van der Waals surface area contributed by atoms with E-state index in [1.54, 1.807) is 41.7 Å². The Morgan fingerprint density at radius 2 is 2.10 bits per heavy atom. The molecule has 3 heterocycles. The fourth-order valence-electron chi connectivity index (χ4n) is 2.08. The van der Waals surface area contributed by atoms with Gasteiger partial charge in [0.25, 0.3) is 5.91 Å². The molecule has 1 atom stereocenters. The first kappa shape index (κ1) is 12.5. The van der Waals surface area contributed by atoms with Crippen LogP contribution in [0.2, 0.25) is 0 Å². The van der Waals surface area contributed by atoms with Crippen molar-refractivity contribution in [2.75, 3.05) is 13.1 Å². The molecule has 0 aromatic carbocycles. The van der Waals surface area contributed by atoms with Crippen LogP contribution in [0.1, 0.15) is 17.0 Å². The zero-order valence-electron chi connectivity index (χ0n) is 10.7. The lowest BCUT2D eigenvalue weighted by Gasteiger charge is -2.15. The molecule has 0 saturated carbocycles. The summed E-state index contributed by atoms with van der Waals surface area (Å²) in [6, 6.07) is 5.19. The number of ether oxygens (including phenoxy) is 1. The van der Waals surface area contributed by atoms with Crippen molar-refractivity contribution in [2.45, 2.75) is 12.5 Å². The maximum absolute atomic E-state index is 12.2. The molecule has 0 unspecified atom stereocenters. The van der Waals surface area contributed by atoms with Gasteiger partial charge < -0.3 is 9.64 Å². The zero-order valence-corrected chi connectivity index (χ0v) is 10.7. The topological polar surface area (TPSA) is 81.1 Å². The SMILES string of the molecule is O=C(c1ncccn1)N1CC[C@H](Oc2cccnn2)C1. The van der Waals surface area contributed by atoms with Crippen LogP contribution >= 0.6 is 0 Å². The Morgan fingerprint density at radius 3 is 2.85 bits per heavy atom. The van der Waals surface area contributed by atoms with E-state index in [1.807, 2.05) is 0 Å². The summed E-state index contributed by atoms with van der Waals surface area (Å²) >= 11 is 0. The van der Waals surface area contributed by atoms with E-state index in [9.17, 15) is 4.79 Å². The van der Waals surface area contributed by atoms with Gasteiger partial charge in [-0.1, -0.05) is 0 Å². The summed E-state index contributed by atoms with van der Waals surface area (Å²) in [6.45, 7) is 1.13. The van der Waals surface area contributed by atoms with Crippen LogP contribution in [-0.4, -0.2) is 50.2 Å². The molecule has 7 nitrogen and oxygen atoms in total. The van der Waals surface area contributed by atoms with E-state index in [4.69, 9.17) is 4.74 Å². The zero-order chi connectivity index (χ0) is 13.8. The first-order valence-corrected chi connectivity index (χ1v) is 6.33. The fourth-order valence-corrected chi connectivity index (χ4v) is 2.08. The Hall–Kier alpha value is -2.57. The number of rotatable bonds is 3. The van der Waals surface area contributed by atoms with Crippen molar-refractivity contribution in [3.63, 3.8) is 0 Å². The molecule has 7 heteroatoms. The van der Waals surface area contributed by atoms with Crippen LogP contribution in [0.5, 0.6) is 5.88 Å². The number of carbonyl (C=O) groups is 1. The summed E-state index contributed by atoms with van der Waals surface area (Å²) in [5.41, 5.74) is 0. The van der Waals surface area contributed by atoms with Gasteiger partial charge in [0, 0.05) is 37.6 Å². The number of hydrogen-bond acceptors (Lipinski definition) is 6. The second kappa shape index (κ2) is 5.60. The van der Waals surface area contributed by atoms with Crippen LogP contribution in [0.4, 0.5) is 0 Å². The minimum atomic E-state index is -0.171. The molecule has 2 aromatic heterocycles. The number of hydrogen-bond donors (Lipinski definition) is 0. The highest BCUT2D eigenvalue weighted by Gasteiger charge is 2.29. The molecule has 0 N–H and O–H groups in total. The number of carbonyl (C=O) groups excluding carboxylic acids is 1. The highest BCUT2D eigenvalue weighted by molar-refractivity contribution is 5.90. The highest BCUT2D eigenvalue weighted by Crippen LogP contribution is 2.16. The second-order valence-corrected chi connectivity index (χ2v) is 4.41. The summed E-state index contributed by atoms with van der Waals surface area (Å²) < 4.78 is 5.68. The maximum atomic E-state index is 12.2. The van der Waals surface area contributed by atoms with Crippen LogP contribution < -0.4 is 4.74 Å². The summed E-state index contributed by atoms with van der Waals surface area (Å²) in [4.78, 5) is 21.8. The average molecular weight is 271 g/mol. The van der Waals surface area contributed by atoms with Gasteiger partial charge in [0.2, 0.25) is 11.7 Å². The molecular formula is C13H13N5O2. The summed E-state index contributed by atoms with van der Waals surface area (Å²) in [5.74, 6) is 0.520. The number of aromatic nitrogens is 4. The predicted molar refractivity (Wildman–Crippen MR) is 69.0 cm³/mol. The average Bonchev–Trinajstić information content (AvgIpc) is 2.97. The highest BCUT2D eigenvalue weighted by atomic mass is 16.5. The van der Waals surface area contributed by atoms with E-state index in [0.717, 1.165) is 6.42 Å². The molecule has 1 saturated heterocycles. The minimum absolute atomic E-state index is 0.0700. The summed E-state index contributed by atoms with van der Waals surface area (Å²) in [7, 11) is 0. The van der Waals surface area contributed by atoms with Gasteiger partial charge in [-0.15, -0.1) is 5.10 Å². The molecule has 2 aromatic rings. The lowest BCUT2D eigenvalue weighted by molar-refractivity contribution is 0.0759. The Labute approximate surface area is 115 Å². The molecule has 3 rings (SSSR count). The molecule has 1 aliphatic heterocycles. The first-order chi connectivity index (χ1) is 9.83. The summed E-state index contributed by atoms with van der Waals surface area (Å²) in [6.07, 6.45) is 5.40. The molecule has 0 spiro atoms. The third-order valence-corrected chi connectivity index (χ3v) is 3.02. The van der Waals surface area contributed by atoms with Crippen LogP contribution in [0, 0.1) is 0 Å². The largest absolute Gasteiger partial charge is 0.471 e. The van der Waals surface area contributed by atoms with Crippen molar-refractivity contribution >= 4 is 5.91 Å². The fraction of sp³-hybridized carbons (Fsp3) is 0.308. The van der Waals surface area contributed by atoms with Crippen LogP contribution in [-0.2, 0) is 0 Å². The van der Waals surface area contributed by atoms with Crippen molar-refractivity contribution < 1.29 is 9.53 Å². The third kappa shape index (κ3) is 2.71. The second-order valence-electron chi connectivity index (χ2n) is 4.41. The summed E-state index contributed by atoms with van der Waals surface area (Å²) in [5, 5.41) is 7.62. The van der Waals surface area contributed by atoms with E-state index in [-0.39, 0.29) is 17.8 Å². The van der Waals surface area contributed by atoms with Crippen molar-refractivity contribution in [1.82, 2.24) is 25.1 Å². The quantitative estimate of drug-likeness (QED) is 0.811. The van der Waals surface area contributed by atoms with Crippen LogP contribution in [0.3, 0.4) is 0 Å². The van der Waals surface area contributed by atoms with Crippen molar-refractivity contribution in [2.24, 2.45) is 0 Å². The van der Waals surface area contributed by atoms with Gasteiger partial charge in [0.05, 0.1) is 6.54 Å². The number of amides is 1. The van der Waals surface area contributed by atoms with Gasteiger partial charge in [-0.2, -0.15) is 5.10 Å². The molecule has 0 aliphatic carbocycles. The molecule has 1 fully saturated rings. The molecule has 0 bridgehead atoms. The van der Waals surface area contributed by atoms with Crippen molar-refractivity contribution in [3.8, 4) is 5.88 Å².